The Hall–Kier alpha value is -1.63. The van der Waals surface area contributed by atoms with Crippen LogP contribution in [0.4, 0.5) is 11.5 Å². The number of anilines is 1. The molecule has 19 heavy (non-hydrogen) atoms. The zero-order valence-corrected chi connectivity index (χ0v) is 11.6. The fourth-order valence-electron chi connectivity index (χ4n) is 2.45. The van der Waals surface area contributed by atoms with E-state index in [-0.39, 0.29) is 16.1 Å². The van der Waals surface area contributed by atoms with Crippen molar-refractivity contribution in [3.05, 3.63) is 15.8 Å². The molecule has 106 valence electrons. The van der Waals surface area contributed by atoms with Crippen molar-refractivity contribution in [1.29, 1.82) is 0 Å². The molecule has 2 rings (SSSR count). The van der Waals surface area contributed by atoms with Crippen molar-refractivity contribution < 1.29 is 4.92 Å². The molecule has 1 saturated carbocycles. The summed E-state index contributed by atoms with van der Waals surface area (Å²) in [6.07, 6.45) is 2.77. The van der Waals surface area contributed by atoms with Gasteiger partial charge in [-0.3, -0.25) is 10.1 Å². The van der Waals surface area contributed by atoms with Gasteiger partial charge in [-0.2, -0.15) is 5.10 Å². The third kappa shape index (κ3) is 2.42. The number of nitrogens with zero attached hydrogens (tertiary/aromatic N) is 3. The Balaban J connectivity index is 2.38. The van der Waals surface area contributed by atoms with Crippen LogP contribution in [-0.2, 0) is 13.5 Å². The molecule has 0 radical (unpaired) electrons. The first kappa shape index (κ1) is 13.8. The highest BCUT2D eigenvalue weighted by molar-refractivity contribution is 5.61. The van der Waals surface area contributed by atoms with Crippen LogP contribution in [0.3, 0.4) is 0 Å². The zero-order valence-electron chi connectivity index (χ0n) is 11.6. The van der Waals surface area contributed by atoms with Crippen molar-refractivity contribution in [2.45, 2.75) is 38.6 Å². The number of hydrogen-bond acceptors (Lipinski definition) is 5. The highest BCUT2D eigenvalue weighted by atomic mass is 16.6. The van der Waals surface area contributed by atoms with E-state index in [4.69, 9.17) is 5.73 Å². The van der Waals surface area contributed by atoms with Gasteiger partial charge in [0.2, 0.25) is 5.82 Å². The summed E-state index contributed by atoms with van der Waals surface area (Å²) in [6, 6.07) is 0. The van der Waals surface area contributed by atoms with Gasteiger partial charge in [-0.1, -0.05) is 6.92 Å². The minimum atomic E-state index is -0.363. The van der Waals surface area contributed by atoms with E-state index in [0.29, 0.717) is 30.4 Å². The summed E-state index contributed by atoms with van der Waals surface area (Å²) < 4.78 is 1.55. The lowest BCUT2D eigenvalue weighted by Gasteiger charge is -2.30. The average Bonchev–Trinajstić information content (AvgIpc) is 3.16. The largest absolute Gasteiger partial charge is 0.358 e. The van der Waals surface area contributed by atoms with Gasteiger partial charge in [-0.25, -0.2) is 4.68 Å². The van der Waals surface area contributed by atoms with Crippen molar-refractivity contribution in [3.63, 3.8) is 0 Å². The van der Waals surface area contributed by atoms with E-state index in [0.717, 1.165) is 12.8 Å². The SMILES string of the molecule is CCc1nn(C)c(NC(C)(CN)C2CC2)c1[N+](=O)[O-]. The molecule has 7 heteroatoms. The molecule has 7 nitrogen and oxygen atoms in total. The Labute approximate surface area is 112 Å². The number of nitrogens with one attached hydrogen (secondary N) is 1. The smallest absolute Gasteiger partial charge is 0.333 e. The van der Waals surface area contributed by atoms with Crippen molar-refractivity contribution in [3.8, 4) is 0 Å². The number of nitrogens with two attached hydrogens (primary N) is 1. The molecular weight excluding hydrogens is 246 g/mol. The van der Waals surface area contributed by atoms with Gasteiger partial charge in [0.1, 0.15) is 5.69 Å². The minimum Gasteiger partial charge on any atom is -0.358 e. The first-order chi connectivity index (χ1) is 8.92. The maximum Gasteiger partial charge on any atom is 0.333 e. The maximum absolute atomic E-state index is 11.3. The Bertz CT molecular complexity index is 495. The van der Waals surface area contributed by atoms with E-state index in [1.54, 1.807) is 11.7 Å². The summed E-state index contributed by atoms with van der Waals surface area (Å²) in [5, 5.41) is 18.7. The third-order valence-corrected chi connectivity index (χ3v) is 3.92. The van der Waals surface area contributed by atoms with Crippen molar-refractivity contribution in [2.24, 2.45) is 18.7 Å². The highest BCUT2D eigenvalue weighted by Gasteiger charge is 2.42. The van der Waals surface area contributed by atoms with Gasteiger partial charge in [-0.15, -0.1) is 0 Å². The first-order valence-electron chi connectivity index (χ1n) is 6.61. The summed E-state index contributed by atoms with van der Waals surface area (Å²) >= 11 is 0. The van der Waals surface area contributed by atoms with Gasteiger partial charge in [0.15, 0.2) is 0 Å². The van der Waals surface area contributed by atoms with Gasteiger partial charge < -0.3 is 11.1 Å². The van der Waals surface area contributed by atoms with Crippen LogP contribution in [0.25, 0.3) is 0 Å². The Kier molecular flexibility index (Phi) is 3.49. The van der Waals surface area contributed by atoms with E-state index in [2.05, 4.69) is 10.4 Å². The lowest BCUT2D eigenvalue weighted by Crippen LogP contribution is -2.45. The number of aromatic nitrogens is 2. The minimum absolute atomic E-state index is 0.0744. The predicted octanol–water partition coefficient (Wildman–Crippen LogP) is 1.43. The lowest BCUT2D eigenvalue weighted by molar-refractivity contribution is -0.384. The molecule has 0 amide bonds. The second-order valence-corrected chi connectivity index (χ2v) is 5.40. The van der Waals surface area contributed by atoms with Crippen molar-refractivity contribution >= 4 is 11.5 Å². The number of nitro groups is 1. The summed E-state index contributed by atoms with van der Waals surface area (Å²) in [4.78, 5) is 10.9. The third-order valence-electron chi connectivity index (χ3n) is 3.92. The van der Waals surface area contributed by atoms with Crippen LogP contribution in [0.5, 0.6) is 0 Å². The molecule has 3 N–H and O–H groups in total. The van der Waals surface area contributed by atoms with E-state index < -0.39 is 0 Å². The standard InChI is InChI=1S/C12H21N5O2/c1-4-9-10(17(18)19)11(16(3)15-9)14-12(2,7-13)8-5-6-8/h8,14H,4-7,13H2,1-3H3. The number of hydrogen-bond donors (Lipinski definition) is 2. The quantitative estimate of drug-likeness (QED) is 0.600. The zero-order chi connectivity index (χ0) is 14.2. The van der Waals surface area contributed by atoms with Crippen LogP contribution < -0.4 is 11.1 Å². The lowest BCUT2D eigenvalue weighted by atomic mass is 9.96. The van der Waals surface area contributed by atoms with Gasteiger partial charge in [0, 0.05) is 13.6 Å². The summed E-state index contributed by atoms with van der Waals surface area (Å²) in [5.74, 6) is 0.943. The molecule has 0 bridgehead atoms. The van der Waals surface area contributed by atoms with Crippen LogP contribution in [0, 0.1) is 16.0 Å². The highest BCUT2D eigenvalue weighted by Crippen LogP contribution is 2.42. The second-order valence-electron chi connectivity index (χ2n) is 5.40. The molecule has 0 aromatic carbocycles. The molecule has 1 atom stereocenters. The average molecular weight is 267 g/mol. The normalized spacial score (nSPS) is 18.1. The van der Waals surface area contributed by atoms with Crippen LogP contribution in [0.2, 0.25) is 0 Å². The van der Waals surface area contributed by atoms with E-state index in [1.807, 2.05) is 13.8 Å². The van der Waals surface area contributed by atoms with E-state index >= 15 is 0 Å². The second kappa shape index (κ2) is 4.80. The van der Waals surface area contributed by atoms with Gasteiger partial charge in [0.05, 0.1) is 10.5 Å². The number of aryl methyl sites for hydroxylation is 2. The summed E-state index contributed by atoms with van der Waals surface area (Å²) in [6.45, 7) is 4.33. The Morgan fingerprint density at radius 3 is 2.68 bits per heavy atom. The van der Waals surface area contributed by atoms with Crippen LogP contribution >= 0.6 is 0 Å². The Morgan fingerprint density at radius 2 is 2.26 bits per heavy atom. The van der Waals surface area contributed by atoms with Gasteiger partial charge in [0.25, 0.3) is 0 Å². The fourth-order valence-corrected chi connectivity index (χ4v) is 2.45. The van der Waals surface area contributed by atoms with Crippen LogP contribution in [0.1, 0.15) is 32.4 Å². The fraction of sp³-hybridized carbons (Fsp3) is 0.750. The van der Waals surface area contributed by atoms with Gasteiger partial charge >= 0.3 is 5.69 Å². The molecule has 1 aliphatic carbocycles. The number of rotatable bonds is 6. The summed E-state index contributed by atoms with van der Waals surface area (Å²) in [7, 11) is 1.72. The monoisotopic (exact) mass is 267 g/mol. The molecular formula is C12H21N5O2. The Morgan fingerprint density at radius 1 is 1.63 bits per heavy atom. The first-order valence-corrected chi connectivity index (χ1v) is 6.61. The van der Waals surface area contributed by atoms with E-state index in [1.165, 1.54) is 0 Å². The van der Waals surface area contributed by atoms with Crippen molar-refractivity contribution in [2.75, 3.05) is 11.9 Å². The molecule has 1 heterocycles. The molecule has 1 fully saturated rings. The summed E-state index contributed by atoms with van der Waals surface area (Å²) in [5.41, 5.74) is 6.13. The molecule has 0 saturated heterocycles. The van der Waals surface area contributed by atoms with E-state index in [9.17, 15) is 10.1 Å². The molecule has 0 spiro atoms. The van der Waals surface area contributed by atoms with Crippen LogP contribution in [0.15, 0.2) is 0 Å². The van der Waals surface area contributed by atoms with Gasteiger partial charge in [-0.05, 0) is 32.1 Å². The predicted molar refractivity (Wildman–Crippen MR) is 73.0 cm³/mol. The molecule has 0 aliphatic heterocycles. The van der Waals surface area contributed by atoms with Crippen LogP contribution in [-0.4, -0.2) is 26.8 Å². The molecule has 1 aromatic heterocycles. The topological polar surface area (TPSA) is 99.0 Å². The van der Waals surface area contributed by atoms with Crippen molar-refractivity contribution in [1.82, 2.24) is 9.78 Å². The molecule has 1 unspecified atom stereocenters. The molecule has 1 aliphatic rings. The maximum atomic E-state index is 11.3. The molecule has 1 aromatic rings.